The number of carbonyl (C=O) groups is 2. The number of benzene rings is 1. The van der Waals surface area contributed by atoms with Crippen molar-refractivity contribution in [1.82, 2.24) is 10.2 Å². The summed E-state index contributed by atoms with van der Waals surface area (Å²) in [6.45, 7) is 1.28. The van der Waals surface area contributed by atoms with Crippen molar-refractivity contribution in [3.05, 3.63) is 35.6 Å². The Hall–Kier alpha value is -1.75. The van der Waals surface area contributed by atoms with Crippen LogP contribution in [0.2, 0.25) is 0 Å². The molecule has 1 N–H and O–H groups in total. The van der Waals surface area contributed by atoms with Crippen molar-refractivity contribution in [3.63, 3.8) is 0 Å². The molecule has 0 radical (unpaired) electrons. The highest BCUT2D eigenvalue weighted by atomic mass is 19.1. The standard InChI is InChI=1S/C14H19FN2O2/c1-17(2)10-9-16-14(19)8-7-13(18)11-5-3-4-6-12(11)15/h3-6H,7-10H2,1-2H3,(H,16,19). The summed E-state index contributed by atoms with van der Waals surface area (Å²) in [6, 6.07) is 5.81. The smallest absolute Gasteiger partial charge is 0.220 e. The Kier molecular flexibility index (Phi) is 6.15. The van der Waals surface area contributed by atoms with E-state index in [2.05, 4.69) is 5.32 Å². The average Bonchev–Trinajstić information content (AvgIpc) is 2.36. The number of hydrogen-bond acceptors (Lipinski definition) is 3. The molecule has 104 valence electrons. The molecule has 0 saturated heterocycles. The van der Waals surface area contributed by atoms with Crippen LogP contribution >= 0.6 is 0 Å². The van der Waals surface area contributed by atoms with Crippen LogP contribution in [0, 0.1) is 5.82 Å². The minimum Gasteiger partial charge on any atom is -0.355 e. The molecule has 0 spiro atoms. The molecular formula is C14H19FN2O2. The third-order valence-corrected chi connectivity index (χ3v) is 2.63. The summed E-state index contributed by atoms with van der Waals surface area (Å²) in [5.74, 6) is -1.08. The van der Waals surface area contributed by atoms with Crippen LogP contribution in [0.3, 0.4) is 0 Å². The Balaban J connectivity index is 2.34. The van der Waals surface area contributed by atoms with Crippen LogP contribution in [-0.2, 0) is 4.79 Å². The fourth-order valence-electron chi connectivity index (χ4n) is 1.56. The van der Waals surface area contributed by atoms with E-state index in [9.17, 15) is 14.0 Å². The maximum Gasteiger partial charge on any atom is 0.220 e. The van der Waals surface area contributed by atoms with Gasteiger partial charge in [-0.1, -0.05) is 12.1 Å². The zero-order chi connectivity index (χ0) is 14.3. The van der Waals surface area contributed by atoms with Crippen molar-refractivity contribution in [2.75, 3.05) is 27.2 Å². The van der Waals surface area contributed by atoms with E-state index >= 15 is 0 Å². The van der Waals surface area contributed by atoms with E-state index in [1.165, 1.54) is 18.2 Å². The van der Waals surface area contributed by atoms with Crippen LogP contribution in [0.5, 0.6) is 0 Å². The van der Waals surface area contributed by atoms with Gasteiger partial charge in [0.1, 0.15) is 5.82 Å². The first-order chi connectivity index (χ1) is 9.00. The van der Waals surface area contributed by atoms with Gasteiger partial charge < -0.3 is 10.2 Å². The fourth-order valence-corrected chi connectivity index (χ4v) is 1.56. The molecular weight excluding hydrogens is 247 g/mol. The van der Waals surface area contributed by atoms with Crippen molar-refractivity contribution in [1.29, 1.82) is 0 Å². The Bertz CT molecular complexity index is 447. The van der Waals surface area contributed by atoms with Gasteiger partial charge in [-0.25, -0.2) is 4.39 Å². The van der Waals surface area contributed by atoms with Gasteiger partial charge in [0.2, 0.25) is 5.91 Å². The Morgan fingerprint density at radius 3 is 2.53 bits per heavy atom. The lowest BCUT2D eigenvalue weighted by atomic mass is 10.1. The van der Waals surface area contributed by atoms with Crippen LogP contribution in [0.15, 0.2) is 24.3 Å². The van der Waals surface area contributed by atoms with Gasteiger partial charge in [-0.2, -0.15) is 0 Å². The van der Waals surface area contributed by atoms with Crippen molar-refractivity contribution in [3.8, 4) is 0 Å². The zero-order valence-electron chi connectivity index (χ0n) is 11.3. The molecule has 0 aromatic heterocycles. The number of likely N-dealkylation sites (N-methyl/N-ethyl adjacent to an activating group) is 1. The van der Waals surface area contributed by atoms with E-state index in [0.717, 1.165) is 6.54 Å². The first-order valence-corrected chi connectivity index (χ1v) is 6.20. The monoisotopic (exact) mass is 266 g/mol. The summed E-state index contributed by atoms with van der Waals surface area (Å²) >= 11 is 0. The summed E-state index contributed by atoms with van der Waals surface area (Å²) in [5.41, 5.74) is 0.0450. The number of amides is 1. The van der Waals surface area contributed by atoms with Gasteiger partial charge in [0, 0.05) is 25.9 Å². The van der Waals surface area contributed by atoms with Crippen molar-refractivity contribution >= 4 is 11.7 Å². The van der Waals surface area contributed by atoms with Gasteiger partial charge in [-0.05, 0) is 26.2 Å². The number of carbonyl (C=O) groups excluding carboxylic acids is 2. The number of nitrogens with one attached hydrogen (secondary N) is 1. The summed E-state index contributed by atoms with van der Waals surface area (Å²) in [6.07, 6.45) is 0.106. The molecule has 1 aromatic rings. The third kappa shape index (κ3) is 5.61. The normalized spacial score (nSPS) is 10.5. The van der Waals surface area contributed by atoms with Crippen LogP contribution in [0.1, 0.15) is 23.2 Å². The molecule has 0 heterocycles. The Morgan fingerprint density at radius 2 is 1.89 bits per heavy atom. The Morgan fingerprint density at radius 1 is 1.21 bits per heavy atom. The lowest BCUT2D eigenvalue weighted by Gasteiger charge is -2.10. The molecule has 19 heavy (non-hydrogen) atoms. The van der Waals surface area contributed by atoms with E-state index < -0.39 is 5.82 Å². The first-order valence-electron chi connectivity index (χ1n) is 6.20. The van der Waals surface area contributed by atoms with Crippen LogP contribution in [0.4, 0.5) is 4.39 Å². The van der Waals surface area contributed by atoms with Crippen LogP contribution in [-0.4, -0.2) is 43.8 Å². The molecule has 1 aromatic carbocycles. The van der Waals surface area contributed by atoms with E-state index in [1.54, 1.807) is 6.07 Å². The van der Waals surface area contributed by atoms with E-state index in [1.807, 2.05) is 19.0 Å². The highest BCUT2D eigenvalue weighted by molar-refractivity contribution is 5.98. The SMILES string of the molecule is CN(C)CCNC(=O)CCC(=O)c1ccccc1F. The zero-order valence-corrected chi connectivity index (χ0v) is 11.3. The second-order valence-corrected chi connectivity index (χ2v) is 4.56. The summed E-state index contributed by atoms with van der Waals surface area (Å²) in [7, 11) is 3.82. The average molecular weight is 266 g/mol. The number of hydrogen-bond donors (Lipinski definition) is 1. The number of nitrogens with zero attached hydrogens (tertiary/aromatic N) is 1. The molecule has 0 unspecified atom stereocenters. The van der Waals surface area contributed by atoms with Crippen molar-refractivity contribution in [2.24, 2.45) is 0 Å². The molecule has 1 rings (SSSR count). The second-order valence-electron chi connectivity index (χ2n) is 4.56. The lowest BCUT2D eigenvalue weighted by Crippen LogP contribution is -2.31. The molecule has 0 atom stereocenters. The minimum atomic E-state index is -0.541. The Labute approximate surface area is 112 Å². The third-order valence-electron chi connectivity index (χ3n) is 2.63. The predicted molar refractivity (Wildman–Crippen MR) is 71.5 cm³/mol. The molecule has 5 heteroatoms. The highest BCUT2D eigenvalue weighted by Gasteiger charge is 2.12. The molecule has 0 aliphatic heterocycles. The number of Topliss-reactive ketones (excluding diaryl/α,β-unsaturated/α-hetero) is 1. The van der Waals surface area contributed by atoms with E-state index in [-0.39, 0.29) is 30.1 Å². The topological polar surface area (TPSA) is 49.4 Å². The summed E-state index contributed by atoms with van der Waals surface area (Å²) in [5, 5.41) is 2.71. The minimum absolute atomic E-state index is 0.0226. The molecule has 1 amide bonds. The maximum absolute atomic E-state index is 13.3. The van der Waals surface area contributed by atoms with Gasteiger partial charge >= 0.3 is 0 Å². The van der Waals surface area contributed by atoms with Gasteiger partial charge in [0.05, 0.1) is 5.56 Å². The largest absolute Gasteiger partial charge is 0.355 e. The van der Waals surface area contributed by atoms with Gasteiger partial charge in [-0.15, -0.1) is 0 Å². The molecule has 0 aliphatic rings. The van der Waals surface area contributed by atoms with Crippen LogP contribution in [0.25, 0.3) is 0 Å². The summed E-state index contributed by atoms with van der Waals surface area (Å²) in [4.78, 5) is 25.1. The molecule has 0 saturated carbocycles. The van der Waals surface area contributed by atoms with Gasteiger partial charge in [0.25, 0.3) is 0 Å². The lowest BCUT2D eigenvalue weighted by molar-refractivity contribution is -0.121. The fraction of sp³-hybridized carbons (Fsp3) is 0.429. The molecule has 0 aliphatic carbocycles. The van der Waals surface area contributed by atoms with Crippen molar-refractivity contribution in [2.45, 2.75) is 12.8 Å². The number of ketones is 1. The first kappa shape index (κ1) is 15.3. The number of halogens is 1. The second kappa shape index (κ2) is 7.63. The van der Waals surface area contributed by atoms with Crippen molar-refractivity contribution < 1.29 is 14.0 Å². The molecule has 4 nitrogen and oxygen atoms in total. The predicted octanol–water partition coefficient (Wildman–Crippen LogP) is 1.47. The van der Waals surface area contributed by atoms with Gasteiger partial charge in [0.15, 0.2) is 5.78 Å². The molecule has 0 bridgehead atoms. The van der Waals surface area contributed by atoms with Crippen LogP contribution < -0.4 is 5.32 Å². The molecule has 0 fully saturated rings. The quantitative estimate of drug-likeness (QED) is 0.760. The van der Waals surface area contributed by atoms with E-state index in [4.69, 9.17) is 0 Å². The summed E-state index contributed by atoms with van der Waals surface area (Å²) < 4.78 is 13.3. The number of rotatable bonds is 7. The van der Waals surface area contributed by atoms with E-state index in [0.29, 0.717) is 6.54 Å². The maximum atomic E-state index is 13.3. The highest BCUT2D eigenvalue weighted by Crippen LogP contribution is 2.10. The van der Waals surface area contributed by atoms with Gasteiger partial charge in [-0.3, -0.25) is 9.59 Å².